The van der Waals surface area contributed by atoms with Crippen LogP contribution in [0, 0.1) is 17.8 Å². The predicted molar refractivity (Wildman–Crippen MR) is 70.1 cm³/mol. The number of nitrogens with one attached hydrogen (secondary N) is 2. The number of carbonyl (C=O) groups is 2. The molecule has 5 nitrogen and oxygen atoms in total. The largest absolute Gasteiger partial charge is 0.480 e. The van der Waals surface area contributed by atoms with E-state index in [2.05, 4.69) is 16.6 Å². The first-order valence-electron chi connectivity index (χ1n) is 5.95. The second-order valence-electron chi connectivity index (χ2n) is 5.27. The summed E-state index contributed by atoms with van der Waals surface area (Å²) in [6.45, 7) is 7.17. The highest BCUT2D eigenvalue weighted by Gasteiger charge is 2.32. The van der Waals surface area contributed by atoms with Crippen LogP contribution in [0.25, 0.3) is 0 Å². The molecule has 0 heterocycles. The van der Waals surface area contributed by atoms with Crippen LogP contribution in [0.1, 0.15) is 40.5 Å². The van der Waals surface area contributed by atoms with Gasteiger partial charge in [0.05, 0.1) is 0 Å². The van der Waals surface area contributed by atoms with E-state index >= 15 is 0 Å². The third-order valence-electron chi connectivity index (χ3n) is 2.58. The monoisotopic (exact) mass is 254 g/mol. The van der Waals surface area contributed by atoms with Crippen LogP contribution in [-0.4, -0.2) is 29.2 Å². The van der Waals surface area contributed by atoms with Crippen LogP contribution in [0.5, 0.6) is 0 Å². The molecule has 3 N–H and O–H groups in total. The molecule has 5 heteroatoms. The lowest BCUT2D eigenvalue weighted by molar-refractivity contribution is -0.141. The van der Waals surface area contributed by atoms with E-state index in [9.17, 15) is 9.59 Å². The lowest BCUT2D eigenvalue weighted by Crippen LogP contribution is -2.53. The molecule has 0 aromatic carbocycles. The second kappa shape index (κ2) is 6.90. The fourth-order valence-electron chi connectivity index (χ4n) is 1.45. The zero-order valence-electron chi connectivity index (χ0n) is 11.4. The van der Waals surface area contributed by atoms with Crippen LogP contribution in [0.4, 0.5) is 4.79 Å². The minimum Gasteiger partial charge on any atom is -0.480 e. The average Bonchev–Trinajstić information content (AvgIpc) is 2.23. The molecule has 2 atom stereocenters. The van der Waals surface area contributed by atoms with E-state index in [1.54, 1.807) is 20.8 Å². The molecule has 0 spiro atoms. The van der Waals surface area contributed by atoms with Gasteiger partial charge in [0.25, 0.3) is 0 Å². The summed E-state index contributed by atoms with van der Waals surface area (Å²) in [4.78, 5) is 22.8. The first kappa shape index (κ1) is 16.3. The maximum absolute atomic E-state index is 11.7. The summed E-state index contributed by atoms with van der Waals surface area (Å²) in [6.07, 6.45) is 6.31. The van der Waals surface area contributed by atoms with E-state index in [4.69, 9.17) is 11.5 Å². The van der Waals surface area contributed by atoms with Crippen molar-refractivity contribution in [1.29, 1.82) is 0 Å². The molecule has 18 heavy (non-hydrogen) atoms. The SMILES string of the molecule is C#CCC(CC)NC(=O)NC(C(=O)O)C(C)(C)C. The Morgan fingerprint density at radius 2 is 1.89 bits per heavy atom. The minimum absolute atomic E-state index is 0.135. The molecule has 0 radical (unpaired) electrons. The fourth-order valence-corrected chi connectivity index (χ4v) is 1.45. The smallest absolute Gasteiger partial charge is 0.326 e. The Bertz CT molecular complexity index is 339. The Hall–Kier alpha value is -1.70. The predicted octanol–water partition coefficient (Wildman–Crippen LogP) is 1.59. The third-order valence-corrected chi connectivity index (χ3v) is 2.58. The minimum atomic E-state index is -1.05. The number of urea groups is 1. The molecule has 0 fully saturated rings. The number of amides is 2. The standard InChI is InChI=1S/C13H22N2O3/c1-6-8-9(7-2)14-12(18)15-10(11(16)17)13(3,4)5/h1,9-10H,7-8H2,2-5H3,(H,16,17)(H2,14,15,18). The molecule has 2 amide bonds. The van der Waals surface area contributed by atoms with Gasteiger partial charge in [-0.3, -0.25) is 0 Å². The molecule has 0 aliphatic carbocycles. The zero-order chi connectivity index (χ0) is 14.3. The lowest BCUT2D eigenvalue weighted by Gasteiger charge is -2.28. The van der Waals surface area contributed by atoms with Crippen molar-refractivity contribution in [3.05, 3.63) is 0 Å². The number of carbonyl (C=O) groups excluding carboxylic acids is 1. The Balaban J connectivity index is 4.54. The van der Waals surface area contributed by atoms with Gasteiger partial charge >= 0.3 is 12.0 Å². The van der Waals surface area contributed by atoms with Crippen molar-refractivity contribution in [2.24, 2.45) is 5.41 Å². The van der Waals surface area contributed by atoms with E-state index in [0.29, 0.717) is 12.8 Å². The van der Waals surface area contributed by atoms with Gasteiger partial charge in [-0.15, -0.1) is 12.3 Å². The van der Waals surface area contributed by atoms with Crippen LogP contribution in [-0.2, 0) is 4.79 Å². The Kier molecular flexibility index (Phi) is 6.24. The van der Waals surface area contributed by atoms with Crippen LogP contribution in [0.15, 0.2) is 0 Å². The molecule has 2 unspecified atom stereocenters. The Labute approximate surface area is 108 Å². The number of hydrogen-bond acceptors (Lipinski definition) is 2. The zero-order valence-corrected chi connectivity index (χ0v) is 11.4. The number of rotatable bonds is 5. The number of hydrogen-bond donors (Lipinski definition) is 3. The van der Waals surface area contributed by atoms with Crippen molar-refractivity contribution in [1.82, 2.24) is 10.6 Å². The molecular formula is C13H22N2O3. The van der Waals surface area contributed by atoms with Crippen LogP contribution in [0.2, 0.25) is 0 Å². The molecule has 0 aliphatic rings. The molecule has 0 aromatic rings. The molecule has 0 saturated carbocycles. The molecular weight excluding hydrogens is 232 g/mol. The third kappa shape index (κ3) is 5.58. The van der Waals surface area contributed by atoms with Crippen molar-refractivity contribution < 1.29 is 14.7 Å². The molecule has 102 valence electrons. The highest BCUT2D eigenvalue weighted by atomic mass is 16.4. The lowest BCUT2D eigenvalue weighted by atomic mass is 9.87. The Morgan fingerprint density at radius 3 is 2.22 bits per heavy atom. The summed E-state index contributed by atoms with van der Waals surface area (Å²) in [5, 5.41) is 14.2. The Morgan fingerprint density at radius 1 is 1.33 bits per heavy atom. The van der Waals surface area contributed by atoms with Crippen molar-refractivity contribution in [3.63, 3.8) is 0 Å². The van der Waals surface area contributed by atoms with Crippen molar-refractivity contribution in [2.45, 2.75) is 52.6 Å². The van der Waals surface area contributed by atoms with Crippen molar-refractivity contribution >= 4 is 12.0 Å². The molecule has 0 aromatic heterocycles. The molecule has 0 rings (SSSR count). The van der Waals surface area contributed by atoms with Gasteiger partial charge < -0.3 is 15.7 Å². The summed E-state index contributed by atoms with van der Waals surface area (Å²) in [7, 11) is 0. The number of carboxylic acids is 1. The van der Waals surface area contributed by atoms with E-state index in [0.717, 1.165) is 0 Å². The van der Waals surface area contributed by atoms with Gasteiger partial charge in [-0.25, -0.2) is 9.59 Å². The summed E-state index contributed by atoms with van der Waals surface area (Å²) in [6, 6.07) is -1.58. The van der Waals surface area contributed by atoms with Crippen molar-refractivity contribution in [3.8, 4) is 12.3 Å². The second-order valence-corrected chi connectivity index (χ2v) is 5.27. The molecule has 0 aliphatic heterocycles. The van der Waals surface area contributed by atoms with E-state index < -0.39 is 23.5 Å². The van der Waals surface area contributed by atoms with Gasteiger partial charge in [0.15, 0.2) is 0 Å². The van der Waals surface area contributed by atoms with Crippen LogP contribution < -0.4 is 10.6 Å². The van der Waals surface area contributed by atoms with Gasteiger partial charge in [0, 0.05) is 12.5 Å². The molecule has 0 bridgehead atoms. The first-order chi connectivity index (χ1) is 8.22. The topological polar surface area (TPSA) is 78.4 Å². The van der Waals surface area contributed by atoms with E-state index in [1.165, 1.54) is 0 Å². The van der Waals surface area contributed by atoms with Crippen LogP contribution in [0.3, 0.4) is 0 Å². The molecule has 0 saturated heterocycles. The fraction of sp³-hybridized carbons (Fsp3) is 0.692. The van der Waals surface area contributed by atoms with Gasteiger partial charge in [-0.1, -0.05) is 27.7 Å². The first-order valence-corrected chi connectivity index (χ1v) is 5.95. The number of terminal acetylenes is 1. The number of carboxylic acid groups (broad SMARTS) is 1. The maximum atomic E-state index is 11.7. The summed E-state index contributed by atoms with van der Waals surface area (Å²) < 4.78 is 0. The number of aliphatic carboxylic acids is 1. The van der Waals surface area contributed by atoms with Gasteiger partial charge in [0.2, 0.25) is 0 Å². The average molecular weight is 254 g/mol. The van der Waals surface area contributed by atoms with Gasteiger partial charge in [-0.2, -0.15) is 0 Å². The maximum Gasteiger partial charge on any atom is 0.326 e. The van der Waals surface area contributed by atoms with Crippen LogP contribution >= 0.6 is 0 Å². The van der Waals surface area contributed by atoms with E-state index in [-0.39, 0.29) is 6.04 Å². The summed E-state index contributed by atoms with van der Waals surface area (Å²) in [5.74, 6) is 1.42. The quantitative estimate of drug-likeness (QED) is 0.652. The van der Waals surface area contributed by atoms with E-state index in [1.807, 2.05) is 6.92 Å². The summed E-state index contributed by atoms with van der Waals surface area (Å²) in [5.41, 5.74) is -0.559. The van der Waals surface area contributed by atoms with Gasteiger partial charge in [0.1, 0.15) is 6.04 Å². The van der Waals surface area contributed by atoms with Gasteiger partial charge in [-0.05, 0) is 11.8 Å². The van der Waals surface area contributed by atoms with Crippen molar-refractivity contribution in [2.75, 3.05) is 0 Å². The highest BCUT2D eigenvalue weighted by Crippen LogP contribution is 2.19. The summed E-state index contributed by atoms with van der Waals surface area (Å²) >= 11 is 0. The highest BCUT2D eigenvalue weighted by molar-refractivity contribution is 5.83. The normalized spacial score (nSPS) is 14.2.